The Morgan fingerprint density at radius 3 is 2.88 bits per heavy atom. The number of rotatable bonds is 2. The zero-order chi connectivity index (χ0) is 17.4. The van der Waals surface area contributed by atoms with Crippen LogP contribution in [0, 0.1) is 0 Å². The number of aromatic nitrogens is 3. The Hall–Kier alpha value is -2.17. The summed E-state index contributed by atoms with van der Waals surface area (Å²) >= 11 is 0. The van der Waals surface area contributed by atoms with Crippen molar-refractivity contribution >= 4 is 5.91 Å². The van der Waals surface area contributed by atoms with E-state index in [4.69, 9.17) is 0 Å². The van der Waals surface area contributed by atoms with Crippen LogP contribution in [0.4, 0.5) is 0 Å². The van der Waals surface area contributed by atoms with Crippen molar-refractivity contribution in [3.05, 3.63) is 48.0 Å². The van der Waals surface area contributed by atoms with Gasteiger partial charge in [0.25, 0.3) is 0 Å². The monoisotopic (exact) mass is 338 g/mol. The maximum absolute atomic E-state index is 13.3. The van der Waals surface area contributed by atoms with Crippen LogP contribution < -0.4 is 0 Å². The van der Waals surface area contributed by atoms with Gasteiger partial charge in [0.1, 0.15) is 12.7 Å². The first-order valence-electron chi connectivity index (χ1n) is 9.28. The Kier molecular flexibility index (Phi) is 4.10. The molecule has 1 aliphatic carbocycles. The van der Waals surface area contributed by atoms with Crippen LogP contribution in [0.1, 0.15) is 62.6 Å². The Morgan fingerprint density at radius 1 is 1.24 bits per heavy atom. The molecule has 2 heterocycles. The number of carbonyl (C=O) groups is 1. The summed E-state index contributed by atoms with van der Waals surface area (Å²) in [6, 6.07) is 8.75. The summed E-state index contributed by atoms with van der Waals surface area (Å²) in [7, 11) is 0. The van der Waals surface area contributed by atoms with Crippen molar-refractivity contribution in [2.75, 3.05) is 13.1 Å². The second-order valence-corrected chi connectivity index (χ2v) is 8.02. The molecular weight excluding hydrogens is 312 g/mol. The van der Waals surface area contributed by atoms with E-state index >= 15 is 0 Å². The van der Waals surface area contributed by atoms with Crippen molar-refractivity contribution < 1.29 is 4.79 Å². The Balaban J connectivity index is 1.57. The molecule has 4 rings (SSSR count). The predicted molar refractivity (Wildman–Crippen MR) is 96.3 cm³/mol. The van der Waals surface area contributed by atoms with Gasteiger partial charge in [-0.3, -0.25) is 4.79 Å². The number of hydrogen-bond donors (Lipinski definition) is 0. The van der Waals surface area contributed by atoms with E-state index < -0.39 is 0 Å². The van der Waals surface area contributed by atoms with E-state index in [1.54, 1.807) is 12.7 Å². The number of carbonyl (C=O) groups excluding carboxylic acids is 1. The van der Waals surface area contributed by atoms with E-state index in [0.29, 0.717) is 0 Å². The average molecular weight is 338 g/mol. The third kappa shape index (κ3) is 2.96. The highest BCUT2D eigenvalue weighted by molar-refractivity contribution is 5.84. The summed E-state index contributed by atoms with van der Waals surface area (Å²) in [5.41, 5.74) is 2.72. The van der Waals surface area contributed by atoms with Crippen LogP contribution in [0.25, 0.3) is 0 Å². The molecule has 25 heavy (non-hydrogen) atoms. The van der Waals surface area contributed by atoms with Crippen molar-refractivity contribution in [1.82, 2.24) is 19.7 Å². The topological polar surface area (TPSA) is 51.0 Å². The first-order chi connectivity index (χ1) is 12.1. The van der Waals surface area contributed by atoms with Crippen molar-refractivity contribution in [1.29, 1.82) is 0 Å². The van der Waals surface area contributed by atoms with Gasteiger partial charge in [-0.05, 0) is 42.2 Å². The van der Waals surface area contributed by atoms with Crippen molar-refractivity contribution in [2.45, 2.75) is 56.9 Å². The molecule has 1 saturated heterocycles. The Bertz CT molecular complexity index is 753. The minimum Gasteiger partial charge on any atom is -0.340 e. The van der Waals surface area contributed by atoms with Crippen LogP contribution in [0.15, 0.2) is 36.9 Å². The minimum absolute atomic E-state index is 0.00118. The van der Waals surface area contributed by atoms with Crippen LogP contribution in [-0.2, 0) is 10.2 Å². The molecule has 1 amide bonds. The van der Waals surface area contributed by atoms with Crippen LogP contribution in [-0.4, -0.2) is 38.7 Å². The lowest BCUT2D eigenvalue weighted by Crippen LogP contribution is -2.44. The van der Waals surface area contributed by atoms with Crippen LogP contribution in [0.2, 0.25) is 0 Å². The lowest BCUT2D eigenvalue weighted by molar-refractivity contribution is -0.135. The van der Waals surface area contributed by atoms with Gasteiger partial charge >= 0.3 is 0 Å². The molecule has 0 radical (unpaired) electrons. The number of piperidine rings is 1. The molecule has 1 aliphatic heterocycles. The van der Waals surface area contributed by atoms with E-state index in [-0.39, 0.29) is 23.3 Å². The molecule has 2 atom stereocenters. The molecule has 1 aromatic carbocycles. The maximum Gasteiger partial charge on any atom is 0.230 e. The standard InChI is InChI=1S/C20H26N4O/c1-20(2)10-9-17(16-7-3-4-8-18(16)20)19(25)23-11-5-6-15(12-23)24-14-21-13-22-24/h3-4,7-8,13-15,17H,5-6,9-12H2,1-2H3/t15-,17-/m1/s1. The predicted octanol–water partition coefficient (Wildman–Crippen LogP) is 3.30. The number of hydrogen-bond acceptors (Lipinski definition) is 3. The van der Waals surface area contributed by atoms with Gasteiger partial charge in [0.2, 0.25) is 5.91 Å². The van der Waals surface area contributed by atoms with Gasteiger partial charge in [-0.15, -0.1) is 0 Å². The fraction of sp³-hybridized carbons (Fsp3) is 0.550. The smallest absolute Gasteiger partial charge is 0.230 e. The van der Waals surface area contributed by atoms with E-state index in [0.717, 1.165) is 38.8 Å². The molecule has 2 aliphatic rings. The lowest BCUT2D eigenvalue weighted by Gasteiger charge is -2.40. The number of amides is 1. The van der Waals surface area contributed by atoms with Crippen LogP contribution in [0.3, 0.4) is 0 Å². The normalized spacial score (nSPS) is 25.4. The van der Waals surface area contributed by atoms with Gasteiger partial charge in [0, 0.05) is 13.1 Å². The van der Waals surface area contributed by atoms with Crippen LogP contribution >= 0.6 is 0 Å². The molecule has 0 unspecified atom stereocenters. The molecule has 1 fully saturated rings. The third-order valence-electron chi connectivity index (χ3n) is 5.94. The molecule has 0 spiro atoms. The SMILES string of the molecule is CC1(C)CC[C@@H](C(=O)N2CCC[C@@H](n3cncn3)C2)c2ccccc21. The summed E-state index contributed by atoms with van der Waals surface area (Å²) < 4.78 is 1.90. The summed E-state index contributed by atoms with van der Waals surface area (Å²) in [6.07, 6.45) is 7.41. The fourth-order valence-corrected chi connectivity index (χ4v) is 4.47. The minimum atomic E-state index is -0.00118. The van der Waals surface area contributed by atoms with E-state index in [9.17, 15) is 4.79 Å². The van der Waals surface area contributed by atoms with Crippen molar-refractivity contribution in [3.63, 3.8) is 0 Å². The average Bonchev–Trinajstić information content (AvgIpc) is 3.16. The molecule has 0 saturated carbocycles. The Morgan fingerprint density at radius 2 is 2.08 bits per heavy atom. The first-order valence-corrected chi connectivity index (χ1v) is 9.28. The summed E-state index contributed by atoms with van der Waals surface area (Å²) in [5, 5.41) is 4.27. The van der Waals surface area contributed by atoms with Crippen LogP contribution in [0.5, 0.6) is 0 Å². The quantitative estimate of drug-likeness (QED) is 0.844. The third-order valence-corrected chi connectivity index (χ3v) is 5.94. The van der Waals surface area contributed by atoms with Gasteiger partial charge in [-0.2, -0.15) is 5.10 Å². The van der Waals surface area contributed by atoms with Gasteiger partial charge in [0.15, 0.2) is 0 Å². The second-order valence-electron chi connectivity index (χ2n) is 8.02. The zero-order valence-corrected chi connectivity index (χ0v) is 15.1. The van der Waals surface area contributed by atoms with E-state index in [1.165, 1.54) is 11.1 Å². The fourth-order valence-electron chi connectivity index (χ4n) is 4.47. The second kappa shape index (κ2) is 6.28. The highest BCUT2D eigenvalue weighted by Gasteiger charge is 2.38. The van der Waals surface area contributed by atoms with E-state index in [1.807, 2.05) is 4.68 Å². The Labute approximate surface area is 149 Å². The van der Waals surface area contributed by atoms with Crippen molar-refractivity contribution in [2.24, 2.45) is 0 Å². The highest BCUT2D eigenvalue weighted by atomic mass is 16.2. The van der Waals surface area contributed by atoms with Gasteiger partial charge < -0.3 is 4.90 Å². The molecule has 0 N–H and O–H groups in total. The summed E-state index contributed by atoms with van der Waals surface area (Å²) in [5.74, 6) is 0.284. The number of benzene rings is 1. The molecule has 2 aromatic rings. The number of nitrogens with zero attached hydrogens (tertiary/aromatic N) is 4. The molecule has 5 nitrogen and oxygen atoms in total. The molecular formula is C20H26N4O. The molecule has 0 bridgehead atoms. The largest absolute Gasteiger partial charge is 0.340 e. The summed E-state index contributed by atoms with van der Waals surface area (Å²) in [4.78, 5) is 19.4. The van der Waals surface area contributed by atoms with Crippen molar-refractivity contribution in [3.8, 4) is 0 Å². The summed E-state index contributed by atoms with van der Waals surface area (Å²) in [6.45, 7) is 6.17. The first kappa shape index (κ1) is 16.3. The van der Waals surface area contributed by atoms with Gasteiger partial charge in [-0.25, -0.2) is 9.67 Å². The highest BCUT2D eigenvalue weighted by Crippen LogP contribution is 2.43. The number of fused-ring (bicyclic) bond motifs is 1. The lowest BCUT2D eigenvalue weighted by atomic mass is 9.68. The molecule has 5 heteroatoms. The molecule has 1 aromatic heterocycles. The van der Waals surface area contributed by atoms with Gasteiger partial charge in [-0.1, -0.05) is 38.1 Å². The molecule has 132 valence electrons. The zero-order valence-electron chi connectivity index (χ0n) is 15.1. The maximum atomic E-state index is 13.3. The van der Waals surface area contributed by atoms with E-state index in [2.05, 4.69) is 53.1 Å². The van der Waals surface area contributed by atoms with Gasteiger partial charge in [0.05, 0.1) is 12.0 Å². The number of likely N-dealkylation sites (tertiary alicyclic amines) is 1.